The van der Waals surface area contributed by atoms with Crippen LogP contribution in [0.1, 0.15) is 6.42 Å². The number of nitrogens with one attached hydrogen (secondary N) is 2. The van der Waals surface area contributed by atoms with Crippen LogP contribution in [0.3, 0.4) is 0 Å². The average Bonchev–Trinajstić information content (AvgIpc) is 2.61. The molecule has 0 saturated carbocycles. The Kier molecular flexibility index (Phi) is 9.19. The molecule has 0 fully saturated rings. The monoisotopic (exact) mass is 401 g/mol. The maximum atomic E-state index is 12.2. The molecule has 1 aromatic carbocycles. The summed E-state index contributed by atoms with van der Waals surface area (Å²) in [7, 11) is -4.03. The van der Waals surface area contributed by atoms with Crippen molar-refractivity contribution in [3.05, 3.63) is 30.3 Å². The quantitative estimate of drug-likeness (QED) is 0.154. The first kappa shape index (κ1) is 22.3. The van der Waals surface area contributed by atoms with Gasteiger partial charge in [0, 0.05) is 19.7 Å². The highest BCUT2D eigenvalue weighted by molar-refractivity contribution is 7.89. The molecule has 0 unspecified atom stereocenters. The molecule has 0 aliphatic rings. The number of aliphatic carboxylic acids is 1. The number of carboxylic acid groups (broad SMARTS) is 1. The molecule has 0 aliphatic carbocycles. The second kappa shape index (κ2) is 11.1. The van der Waals surface area contributed by atoms with Crippen molar-refractivity contribution in [1.29, 1.82) is 0 Å². The second-order valence-electron chi connectivity index (χ2n) is 5.34. The highest BCUT2D eigenvalue weighted by atomic mass is 32.2. The molecule has 27 heavy (non-hydrogen) atoms. The van der Waals surface area contributed by atoms with Gasteiger partial charge in [0.15, 0.2) is 5.96 Å². The number of carbonyl (C=O) groups is 2. The molecule has 150 valence electrons. The molecule has 1 atom stereocenters. The third-order valence-electron chi connectivity index (χ3n) is 3.13. The van der Waals surface area contributed by atoms with E-state index >= 15 is 0 Å². The van der Waals surface area contributed by atoms with Gasteiger partial charge in [-0.3, -0.25) is 14.6 Å². The van der Waals surface area contributed by atoms with Crippen molar-refractivity contribution in [2.45, 2.75) is 17.4 Å². The smallest absolute Gasteiger partial charge is 0.323 e. The number of guanidine groups is 1. The van der Waals surface area contributed by atoms with Crippen LogP contribution in [0.25, 0.3) is 0 Å². The van der Waals surface area contributed by atoms with E-state index in [9.17, 15) is 23.1 Å². The van der Waals surface area contributed by atoms with E-state index in [2.05, 4.69) is 10.3 Å². The Bertz CT molecular complexity index is 749. The van der Waals surface area contributed by atoms with E-state index in [4.69, 9.17) is 16.2 Å². The zero-order valence-corrected chi connectivity index (χ0v) is 15.3. The fourth-order valence-corrected chi connectivity index (χ4v) is 3.05. The topological polar surface area (TPSA) is 186 Å². The summed E-state index contributed by atoms with van der Waals surface area (Å²) in [5.41, 5.74) is 10.3. The zero-order chi connectivity index (χ0) is 20.3. The van der Waals surface area contributed by atoms with Crippen LogP contribution in [0.5, 0.6) is 0 Å². The number of carboxylic acids is 1. The lowest BCUT2D eigenvalue weighted by atomic mass is 10.3. The van der Waals surface area contributed by atoms with Crippen molar-refractivity contribution < 1.29 is 27.9 Å². The number of hydrogen-bond donors (Lipinski definition) is 5. The van der Waals surface area contributed by atoms with Gasteiger partial charge in [0.2, 0.25) is 15.9 Å². The Labute approximate surface area is 156 Å². The summed E-state index contributed by atoms with van der Waals surface area (Å²) in [5.74, 6) is -2.04. The van der Waals surface area contributed by atoms with Gasteiger partial charge in [-0.1, -0.05) is 18.2 Å². The molecule has 0 aliphatic heterocycles. The predicted molar refractivity (Wildman–Crippen MR) is 97.3 cm³/mol. The van der Waals surface area contributed by atoms with E-state index in [1.165, 1.54) is 24.3 Å². The van der Waals surface area contributed by atoms with Gasteiger partial charge in [0.1, 0.15) is 12.6 Å². The van der Waals surface area contributed by atoms with Crippen LogP contribution in [-0.4, -0.2) is 63.7 Å². The van der Waals surface area contributed by atoms with Gasteiger partial charge < -0.3 is 26.6 Å². The molecule has 1 amide bonds. The van der Waals surface area contributed by atoms with Crippen LogP contribution in [0.4, 0.5) is 0 Å². The number of amides is 1. The third-order valence-corrected chi connectivity index (χ3v) is 4.61. The first-order chi connectivity index (χ1) is 12.7. The number of nitrogens with zero attached hydrogens (tertiary/aromatic N) is 1. The molecule has 0 radical (unpaired) electrons. The van der Waals surface area contributed by atoms with Crippen LogP contribution in [-0.2, 0) is 24.3 Å². The van der Waals surface area contributed by atoms with Crippen molar-refractivity contribution in [2.75, 3.05) is 26.3 Å². The summed E-state index contributed by atoms with van der Waals surface area (Å²) in [4.78, 5) is 26.6. The number of aliphatic imine (C=N–C) groups is 1. The van der Waals surface area contributed by atoms with Crippen molar-refractivity contribution in [3.63, 3.8) is 0 Å². The maximum Gasteiger partial charge on any atom is 0.323 e. The summed E-state index contributed by atoms with van der Waals surface area (Å²) in [6.07, 6.45) is 0.500. The van der Waals surface area contributed by atoms with Crippen LogP contribution in [0.15, 0.2) is 40.2 Å². The molecule has 0 aromatic heterocycles. The van der Waals surface area contributed by atoms with Crippen LogP contribution in [0.2, 0.25) is 0 Å². The van der Waals surface area contributed by atoms with Crippen molar-refractivity contribution in [1.82, 2.24) is 10.0 Å². The van der Waals surface area contributed by atoms with Crippen molar-refractivity contribution >= 4 is 27.9 Å². The maximum absolute atomic E-state index is 12.2. The molecule has 0 saturated heterocycles. The summed E-state index contributed by atoms with van der Waals surface area (Å²) in [6.45, 7) is -0.156. The fraction of sp³-hybridized carbons (Fsp3) is 0.400. The summed E-state index contributed by atoms with van der Waals surface area (Å²) in [6, 6.07) is 5.78. The SMILES string of the molecule is NC(N)=NCCCOCC(=O)NC[C@@H](NS(=O)(=O)c1ccccc1)C(=O)O. The minimum absolute atomic E-state index is 0.0367. The Morgan fingerprint density at radius 2 is 1.89 bits per heavy atom. The Balaban J connectivity index is 2.43. The van der Waals surface area contributed by atoms with Gasteiger partial charge >= 0.3 is 5.97 Å². The lowest BCUT2D eigenvalue weighted by molar-refractivity contribution is -0.139. The lowest BCUT2D eigenvalue weighted by Crippen LogP contribution is -2.48. The van der Waals surface area contributed by atoms with Gasteiger partial charge in [-0.15, -0.1) is 0 Å². The number of hydrogen-bond acceptors (Lipinski definition) is 6. The van der Waals surface area contributed by atoms with Crippen LogP contribution >= 0.6 is 0 Å². The number of ether oxygens (including phenoxy) is 1. The molecular formula is C15H23N5O6S. The predicted octanol–water partition coefficient (Wildman–Crippen LogP) is -1.79. The van der Waals surface area contributed by atoms with Crippen molar-refractivity contribution in [3.8, 4) is 0 Å². The molecule has 0 heterocycles. The van der Waals surface area contributed by atoms with E-state index in [0.717, 1.165) is 0 Å². The Morgan fingerprint density at radius 1 is 1.22 bits per heavy atom. The molecular weight excluding hydrogens is 378 g/mol. The number of rotatable bonds is 12. The van der Waals surface area contributed by atoms with E-state index in [-0.39, 0.29) is 24.1 Å². The molecule has 0 spiro atoms. The van der Waals surface area contributed by atoms with Gasteiger partial charge in [-0.2, -0.15) is 4.72 Å². The molecule has 11 nitrogen and oxygen atoms in total. The molecule has 1 aromatic rings. The number of benzene rings is 1. The molecule has 1 rings (SSSR count). The van der Waals surface area contributed by atoms with Gasteiger partial charge in [0.05, 0.1) is 4.90 Å². The molecule has 12 heteroatoms. The third kappa shape index (κ3) is 8.99. The van der Waals surface area contributed by atoms with Gasteiger partial charge in [-0.05, 0) is 18.6 Å². The van der Waals surface area contributed by atoms with E-state index < -0.39 is 34.5 Å². The Hall–Kier alpha value is -2.70. The van der Waals surface area contributed by atoms with Crippen molar-refractivity contribution in [2.24, 2.45) is 16.5 Å². The van der Waals surface area contributed by atoms with E-state index in [0.29, 0.717) is 13.0 Å². The lowest BCUT2D eigenvalue weighted by Gasteiger charge is -2.15. The van der Waals surface area contributed by atoms with E-state index in [1.807, 2.05) is 4.72 Å². The summed E-state index contributed by atoms with van der Waals surface area (Å²) < 4.78 is 31.5. The summed E-state index contributed by atoms with van der Waals surface area (Å²) >= 11 is 0. The minimum atomic E-state index is -4.03. The fourth-order valence-electron chi connectivity index (χ4n) is 1.84. The second-order valence-corrected chi connectivity index (χ2v) is 7.06. The largest absolute Gasteiger partial charge is 0.480 e. The minimum Gasteiger partial charge on any atom is -0.480 e. The van der Waals surface area contributed by atoms with Crippen LogP contribution in [0, 0.1) is 0 Å². The van der Waals surface area contributed by atoms with Crippen LogP contribution < -0.4 is 21.5 Å². The highest BCUT2D eigenvalue weighted by Crippen LogP contribution is 2.07. The van der Waals surface area contributed by atoms with E-state index in [1.54, 1.807) is 6.07 Å². The summed E-state index contributed by atoms with van der Waals surface area (Å²) in [5, 5.41) is 11.5. The highest BCUT2D eigenvalue weighted by Gasteiger charge is 2.25. The number of nitrogens with two attached hydrogens (primary N) is 2. The zero-order valence-electron chi connectivity index (χ0n) is 14.5. The molecule has 7 N–H and O–H groups in total. The van der Waals surface area contributed by atoms with Gasteiger partial charge in [-0.25, -0.2) is 8.42 Å². The van der Waals surface area contributed by atoms with Gasteiger partial charge in [0.25, 0.3) is 0 Å². The Morgan fingerprint density at radius 3 is 2.48 bits per heavy atom. The first-order valence-corrected chi connectivity index (χ1v) is 9.40. The normalized spacial score (nSPS) is 12.1. The standard InChI is InChI=1S/C15H23N5O6S/c16-15(17)18-7-4-8-26-10-13(21)19-9-12(14(22)23)20-27(24,25)11-5-2-1-3-6-11/h1-3,5-6,12,20H,4,7-10H2,(H,19,21)(H,22,23)(H4,16,17,18)/t12-/m1/s1. The first-order valence-electron chi connectivity index (χ1n) is 7.92. The number of carbonyl (C=O) groups excluding carboxylic acids is 1. The average molecular weight is 401 g/mol. The molecule has 0 bridgehead atoms. The number of sulfonamides is 1.